The minimum atomic E-state index is 0.195. The van der Waals surface area contributed by atoms with Crippen molar-refractivity contribution in [3.8, 4) is 5.69 Å². The summed E-state index contributed by atoms with van der Waals surface area (Å²) in [6, 6.07) is 8.99. The fraction of sp³-hybridized carbons (Fsp3) is 0.526. The second-order valence-corrected chi connectivity index (χ2v) is 8.01. The maximum absolute atomic E-state index is 6.17. The van der Waals surface area contributed by atoms with Crippen LogP contribution in [-0.2, 0) is 5.41 Å². The fourth-order valence-corrected chi connectivity index (χ4v) is 4.65. The number of halogens is 1. The smallest absolute Gasteiger partial charge is 0.0649 e. The van der Waals surface area contributed by atoms with E-state index in [0.717, 1.165) is 16.7 Å². The Morgan fingerprint density at radius 1 is 1.13 bits per heavy atom. The molecule has 2 aliphatic rings. The van der Waals surface area contributed by atoms with Gasteiger partial charge in [-0.25, -0.2) is 4.68 Å². The number of nitrogens with zero attached hydrogens (tertiary/aromatic N) is 2. The lowest BCUT2D eigenvalue weighted by Crippen LogP contribution is -2.37. The van der Waals surface area contributed by atoms with E-state index in [1.807, 2.05) is 6.20 Å². The maximum Gasteiger partial charge on any atom is 0.0649 e. The monoisotopic (exact) mass is 373 g/mol. The molecule has 2 aliphatic carbocycles. The van der Waals surface area contributed by atoms with Crippen molar-refractivity contribution in [2.75, 3.05) is 6.54 Å². The molecule has 2 saturated carbocycles. The highest BCUT2D eigenvalue weighted by Gasteiger charge is 2.33. The zero-order valence-electron chi connectivity index (χ0n) is 13.5. The van der Waals surface area contributed by atoms with Crippen LogP contribution in [0.4, 0.5) is 0 Å². The summed E-state index contributed by atoms with van der Waals surface area (Å²) in [5.74, 6) is 0.667. The first-order valence-electron chi connectivity index (χ1n) is 8.78. The first kappa shape index (κ1) is 15.4. The van der Waals surface area contributed by atoms with Crippen LogP contribution in [0, 0.1) is 0 Å². The fourth-order valence-electron chi connectivity index (χ4n) is 4.06. The van der Waals surface area contributed by atoms with Crippen LogP contribution in [0.5, 0.6) is 0 Å². The molecular formula is C19H24BrN3. The molecule has 122 valence electrons. The molecule has 0 radical (unpaired) electrons. The van der Waals surface area contributed by atoms with E-state index in [1.54, 1.807) is 0 Å². The van der Waals surface area contributed by atoms with Gasteiger partial charge in [0, 0.05) is 17.9 Å². The number of benzene rings is 1. The van der Waals surface area contributed by atoms with Crippen molar-refractivity contribution in [1.29, 1.82) is 0 Å². The first-order valence-corrected chi connectivity index (χ1v) is 9.57. The maximum atomic E-state index is 6.17. The Labute approximate surface area is 146 Å². The molecular weight excluding hydrogens is 350 g/mol. The zero-order valence-corrected chi connectivity index (χ0v) is 15.1. The van der Waals surface area contributed by atoms with E-state index < -0.39 is 0 Å². The van der Waals surface area contributed by atoms with Crippen LogP contribution < -0.4 is 5.73 Å². The highest BCUT2D eigenvalue weighted by atomic mass is 79.9. The number of hydrogen-bond acceptors (Lipinski definition) is 2. The topological polar surface area (TPSA) is 43.8 Å². The molecule has 1 heterocycles. The summed E-state index contributed by atoms with van der Waals surface area (Å²) in [6.07, 6.45) is 10.9. The number of nitrogens with two attached hydrogens (primary N) is 1. The van der Waals surface area contributed by atoms with Crippen LogP contribution in [0.3, 0.4) is 0 Å². The van der Waals surface area contributed by atoms with Gasteiger partial charge in [-0.05, 0) is 59.3 Å². The predicted molar refractivity (Wildman–Crippen MR) is 97.1 cm³/mol. The lowest BCUT2D eigenvalue weighted by Gasteiger charge is -2.37. The van der Waals surface area contributed by atoms with E-state index in [1.165, 1.54) is 56.2 Å². The van der Waals surface area contributed by atoms with Crippen LogP contribution in [0.25, 0.3) is 5.69 Å². The molecule has 4 rings (SSSR count). The average Bonchev–Trinajstić information content (AvgIpc) is 3.37. The van der Waals surface area contributed by atoms with Gasteiger partial charge in [0.25, 0.3) is 0 Å². The molecule has 0 spiro atoms. The van der Waals surface area contributed by atoms with Crippen molar-refractivity contribution in [3.05, 3.63) is 46.2 Å². The number of rotatable bonds is 4. The summed E-state index contributed by atoms with van der Waals surface area (Å²) in [6.45, 7) is 0.757. The summed E-state index contributed by atoms with van der Waals surface area (Å²) in [5.41, 5.74) is 10.3. The van der Waals surface area contributed by atoms with Crippen molar-refractivity contribution in [2.24, 2.45) is 5.73 Å². The predicted octanol–water partition coefficient (Wildman–Crippen LogP) is 4.67. The van der Waals surface area contributed by atoms with Crippen molar-refractivity contribution in [1.82, 2.24) is 9.78 Å². The van der Waals surface area contributed by atoms with Gasteiger partial charge >= 0.3 is 0 Å². The lowest BCUT2D eigenvalue weighted by molar-refractivity contribution is 0.301. The van der Waals surface area contributed by atoms with Crippen LogP contribution >= 0.6 is 15.9 Å². The second-order valence-electron chi connectivity index (χ2n) is 7.16. The largest absolute Gasteiger partial charge is 0.330 e. The van der Waals surface area contributed by atoms with Gasteiger partial charge < -0.3 is 5.73 Å². The standard InChI is InChI=1S/C19H24BrN3/c20-17-12-22-23(18(17)14-4-5-14)16-8-6-15(7-9-16)19(13-21)10-2-1-3-11-19/h6-9,12,14H,1-5,10-11,13,21H2. The van der Waals surface area contributed by atoms with Crippen LogP contribution in [-0.4, -0.2) is 16.3 Å². The molecule has 2 fully saturated rings. The molecule has 0 atom stereocenters. The van der Waals surface area contributed by atoms with Crippen LogP contribution in [0.1, 0.15) is 62.1 Å². The van der Waals surface area contributed by atoms with E-state index in [-0.39, 0.29) is 5.41 Å². The quantitative estimate of drug-likeness (QED) is 0.845. The molecule has 2 aromatic rings. The Hall–Kier alpha value is -1.13. The molecule has 4 heteroatoms. The van der Waals surface area contributed by atoms with E-state index in [4.69, 9.17) is 5.73 Å². The summed E-state index contributed by atoms with van der Waals surface area (Å²) < 4.78 is 3.23. The zero-order chi connectivity index (χ0) is 15.9. The van der Waals surface area contributed by atoms with Crippen LogP contribution in [0.2, 0.25) is 0 Å². The molecule has 1 aromatic carbocycles. The molecule has 0 amide bonds. The van der Waals surface area contributed by atoms with Crippen molar-refractivity contribution in [3.63, 3.8) is 0 Å². The third-order valence-electron chi connectivity index (χ3n) is 5.65. The van der Waals surface area contributed by atoms with Gasteiger partial charge in [-0.15, -0.1) is 0 Å². The van der Waals surface area contributed by atoms with Gasteiger partial charge in [-0.1, -0.05) is 31.4 Å². The lowest BCUT2D eigenvalue weighted by atomic mass is 9.69. The van der Waals surface area contributed by atoms with E-state index in [2.05, 4.69) is 50.0 Å². The Morgan fingerprint density at radius 2 is 1.83 bits per heavy atom. The molecule has 0 saturated heterocycles. The minimum Gasteiger partial charge on any atom is -0.330 e. The minimum absolute atomic E-state index is 0.195. The van der Waals surface area contributed by atoms with Crippen molar-refractivity contribution >= 4 is 15.9 Å². The normalized spacial score (nSPS) is 20.6. The molecule has 0 unspecified atom stereocenters. The van der Waals surface area contributed by atoms with Gasteiger partial charge in [0.2, 0.25) is 0 Å². The van der Waals surface area contributed by atoms with Crippen molar-refractivity contribution < 1.29 is 0 Å². The molecule has 3 nitrogen and oxygen atoms in total. The molecule has 2 N–H and O–H groups in total. The summed E-state index contributed by atoms with van der Waals surface area (Å²) in [4.78, 5) is 0. The Kier molecular flexibility index (Phi) is 4.06. The highest BCUT2D eigenvalue weighted by Crippen LogP contribution is 2.44. The number of hydrogen-bond donors (Lipinski definition) is 1. The van der Waals surface area contributed by atoms with E-state index >= 15 is 0 Å². The summed E-state index contributed by atoms with van der Waals surface area (Å²) in [7, 11) is 0. The molecule has 0 aliphatic heterocycles. The second kappa shape index (κ2) is 6.06. The number of aromatic nitrogens is 2. The Balaban J connectivity index is 1.66. The highest BCUT2D eigenvalue weighted by molar-refractivity contribution is 9.10. The Bertz CT molecular complexity index is 679. The molecule has 23 heavy (non-hydrogen) atoms. The molecule has 0 bridgehead atoms. The van der Waals surface area contributed by atoms with E-state index in [9.17, 15) is 0 Å². The SMILES string of the molecule is NCC1(c2ccc(-n3ncc(Br)c3C3CC3)cc2)CCCCC1. The Morgan fingerprint density at radius 3 is 2.43 bits per heavy atom. The molecule has 1 aromatic heterocycles. The van der Waals surface area contributed by atoms with Gasteiger partial charge in [-0.2, -0.15) is 5.10 Å². The van der Waals surface area contributed by atoms with Gasteiger partial charge in [0.15, 0.2) is 0 Å². The summed E-state index contributed by atoms with van der Waals surface area (Å²) in [5, 5.41) is 4.57. The van der Waals surface area contributed by atoms with E-state index in [0.29, 0.717) is 5.92 Å². The summed E-state index contributed by atoms with van der Waals surface area (Å²) >= 11 is 3.65. The third kappa shape index (κ3) is 2.76. The van der Waals surface area contributed by atoms with Gasteiger partial charge in [0.1, 0.15) is 0 Å². The first-order chi connectivity index (χ1) is 11.2. The van der Waals surface area contributed by atoms with Gasteiger partial charge in [-0.3, -0.25) is 0 Å². The average molecular weight is 374 g/mol. The van der Waals surface area contributed by atoms with Crippen molar-refractivity contribution in [2.45, 2.75) is 56.3 Å². The van der Waals surface area contributed by atoms with Gasteiger partial charge in [0.05, 0.1) is 22.1 Å². The third-order valence-corrected chi connectivity index (χ3v) is 6.26. The van der Waals surface area contributed by atoms with Crippen LogP contribution in [0.15, 0.2) is 34.9 Å².